The van der Waals surface area contributed by atoms with E-state index in [0.717, 1.165) is 71.2 Å². The molecule has 0 radical (unpaired) electrons. The summed E-state index contributed by atoms with van der Waals surface area (Å²) in [4.78, 5) is 12.5. The predicted octanol–water partition coefficient (Wildman–Crippen LogP) is 6.47. The third-order valence-corrected chi connectivity index (χ3v) is 7.25. The molecule has 32 heavy (non-hydrogen) atoms. The minimum atomic E-state index is -0.179. The van der Waals surface area contributed by atoms with Crippen molar-refractivity contribution in [3.8, 4) is 11.1 Å². The molecule has 1 saturated heterocycles. The quantitative estimate of drug-likeness (QED) is 0.353. The number of nitrogens with zero attached hydrogens (tertiary/aromatic N) is 3. The van der Waals surface area contributed by atoms with Crippen LogP contribution in [0.3, 0.4) is 0 Å². The second-order valence-electron chi connectivity index (χ2n) is 8.29. The maximum absolute atomic E-state index is 13.1. The van der Waals surface area contributed by atoms with Gasteiger partial charge in [-0.05, 0) is 67.2 Å². The highest BCUT2D eigenvalue weighted by Gasteiger charge is 2.20. The number of halogens is 2. The Labute approximate surface area is 196 Å². The van der Waals surface area contributed by atoms with Gasteiger partial charge in [-0.2, -0.15) is 0 Å². The van der Waals surface area contributed by atoms with Crippen LogP contribution in [0.5, 0.6) is 0 Å². The highest BCUT2D eigenvalue weighted by molar-refractivity contribution is 7.17. The van der Waals surface area contributed by atoms with Gasteiger partial charge in [0.05, 0.1) is 5.39 Å². The van der Waals surface area contributed by atoms with Crippen molar-refractivity contribution < 1.29 is 4.39 Å². The molecule has 0 atom stereocenters. The Morgan fingerprint density at radius 2 is 1.78 bits per heavy atom. The van der Waals surface area contributed by atoms with Gasteiger partial charge in [-0.15, -0.1) is 11.3 Å². The van der Waals surface area contributed by atoms with E-state index in [-0.39, 0.29) is 5.82 Å². The van der Waals surface area contributed by atoms with Gasteiger partial charge in [0.2, 0.25) is 0 Å². The summed E-state index contributed by atoms with van der Waals surface area (Å²) < 4.78 is 13.1. The Hall–Kier alpha value is -2.54. The highest BCUT2D eigenvalue weighted by atomic mass is 35.5. The number of benzene rings is 2. The van der Waals surface area contributed by atoms with Gasteiger partial charge in [-0.25, -0.2) is 14.4 Å². The molecule has 0 saturated carbocycles. The monoisotopic (exact) mass is 466 g/mol. The number of thiophene rings is 1. The Bertz CT molecular complexity index is 1190. The third kappa shape index (κ3) is 4.77. The van der Waals surface area contributed by atoms with Crippen molar-refractivity contribution >= 4 is 39.0 Å². The lowest BCUT2D eigenvalue weighted by atomic mass is 9.96. The number of nitrogens with one attached hydrogen (secondary N) is 1. The third-order valence-electron chi connectivity index (χ3n) is 6.11. The summed E-state index contributed by atoms with van der Waals surface area (Å²) in [7, 11) is 0. The average Bonchev–Trinajstić information content (AvgIpc) is 3.25. The average molecular weight is 467 g/mol. The number of anilines is 1. The van der Waals surface area contributed by atoms with E-state index >= 15 is 0 Å². The second-order valence-corrected chi connectivity index (χ2v) is 9.58. The lowest BCUT2D eigenvalue weighted by Gasteiger charge is -2.32. The van der Waals surface area contributed by atoms with E-state index < -0.39 is 0 Å². The van der Waals surface area contributed by atoms with Gasteiger partial charge in [0.1, 0.15) is 22.8 Å². The zero-order valence-corrected chi connectivity index (χ0v) is 19.2. The number of rotatable bonds is 6. The molecule has 164 valence electrons. The molecule has 1 aliphatic rings. The van der Waals surface area contributed by atoms with Crippen molar-refractivity contribution in [3.05, 3.63) is 76.6 Å². The summed E-state index contributed by atoms with van der Waals surface area (Å²) in [6, 6.07) is 14.7. The minimum Gasteiger partial charge on any atom is -0.369 e. The van der Waals surface area contributed by atoms with Gasteiger partial charge in [-0.1, -0.05) is 35.9 Å². The number of hydrogen-bond donors (Lipinski definition) is 1. The summed E-state index contributed by atoms with van der Waals surface area (Å²) in [6.07, 6.45) is 3.91. The van der Waals surface area contributed by atoms with E-state index in [0.29, 0.717) is 5.92 Å². The van der Waals surface area contributed by atoms with Crippen LogP contribution in [0.15, 0.2) is 60.2 Å². The number of hydrogen-bond acceptors (Lipinski definition) is 5. The summed E-state index contributed by atoms with van der Waals surface area (Å²) in [6.45, 7) is 3.88. The molecule has 0 amide bonds. The number of likely N-dealkylation sites (tertiary alicyclic amines) is 1. The lowest BCUT2D eigenvalue weighted by Crippen LogP contribution is -2.35. The zero-order valence-electron chi connectivity index (χ0n) is 17.6. The molecule has 2 aromatic carbocycles. The summed E-state index contributed by atoms with van der Waals surface area (Å²) in [5, 5.41) is 7.55. The van der Waals surface area contributed by atoms with Gasteiger partial charge < -0.3 is 5.32 Å². The predicted molar refractivity (Wildman–Crippen MR) is 131 cm³/mol. The largest absolute Gasteiger partial charge is 0.369 e. The number of fused-ring (bicyclic) bond motifs is 1. The lowest BCUT2D eigenvalue weighted by molar-refractivity contribution is 0.182. The van der Waals surface area contributed by atoms with Crippen molar-refractivity contribution in [1.82, 2.24) is 14.9 Å². The van der Waals surface area contributed by atoms with Crippen molar-refractivity contribution in [2.24, 2.45) is 5.92 Å². The van der Waals surface area contributed by atoms with Crippen LogP contribution in [-0.2, 0) is 6.54 Å². The molecule has 0 spiro atoms. The van der Waals surface area contributed by atoms with Crippen molar-refractivity contribution in [2.75, 3.05) is 25.0 Å². The standard InChI is InChI=1S/C25H24ClFN4S/c26-20-5-3-19(4-6-20)22-15-32-25-23(22)24(29-16-30-25)28-13-17-9-11-31(12-10-17)14-18-1-7-21(27)8-2-18/h1-8,15-17H,9-14H2,(H,28,29,30). The van der Waals surface area contributed by atoms with Gasteiger partial charge in [0.15, 0.2) is 0 Å². The minimum absolute atomic E-state index is 0.179. The fraction of sp³-hybridized carbons (Fsp3) is 0.280. The van der Waals surface area contributed by atoms with Crippen LogP contribution in [0.2, 0.25) is 5.02 Å². The molecule has 1 aliphatic heterocycles. The summed E-state index contributed by atoms with van der Waals surface area (Å²) >= 11 is 7.70. The molecule has 1 N–H and O–H groups in total. The van der Waals surface area contributed by atoms with Crippen LogP contribution < -0.4 is 5.32 Å². The fourth-order valence-electron chi connectivity index (χ4n) is 4.29. The Kier molecular flexibility index (Phi) is 6.35. The van der Waals surface area contributed by atoms with Gasteiger partial charge >= 0.3 is 0 Å². The first-order valence-corrected chi connectivity index (χ1v) is 12.1. The molecule has 0 bridgehead atoms. The van der Waals surface area contributed by atoms with Crippen molar-refractivity contribution in [1.29, 1.82) is 0 Å². The van der Waals surface area contributed by atoms with Crippen LogP contribution in [0.25, 0.3) is 21.3 Å². The van der Waals surface area contributed by atoms with Crippen LogP contribution in [-0.4, -0.2) is 34.5 Å². The molecule has 5 rings (SSSR count). The van der Waals surface area contributed by atoms with Crippen molar-refractivity contribution in [2.45, 2.75) is 19.4 Å². The smallest absolute Gasteiger partial charge is 0.138 e. The van der Waals surface area contributed by atoms with E-state index in [1.54, 1.807) is 17.7 Å². The number of piperidine rings is 1. The van der Waals surface area contributed by atoms with E-state index in [1.165, 1.54) is 17.7 Å². The Balaban J connectivity index is 1.23. The van der Waals surface area contributed by atoms with Gasteiger partial charge in [0.25, 0.3) is 0 Å². The second kappa shape index (κ2) is 9.53. The van der Waals surface area contributed by atoms with Crippen LogP contribution in [0.4, 0.5) is 10.2 Å². The molecule has 4 aromatic rings. The molecule has 2 aromatic heterocycles. The first kappa shape index (κ1) is 21.3. The molecule has 4 nitrogen and oxygen atoms in total. The maximum atomic E-state index is 13.1. The topological polar surface area (TPSA) is 41.0 Å². The van der Waals surface area contributed by atoms with E-state index in [1.807, 2.05) is 36.4 Å². The first-order chi connectivity index (χ1) is 15.7. The first-order valence-electron chi connectivity index (χ1n) is 10.8. The SMILES string of the molecule is Fc1ccc(CN2CCC(CNc3ncnc4scc(-c5ccc(Cl)cc5)c34)CC2)cc1. The molecule has 7 heteroatoms. The molecule has 1 fully saturated rings. The summed E-state index contributed by atoms with van der Waals surface area (Å²) in [5.74, 6) is 1.32. The Morgan fingerprint density at radius 3 is 2.53 bits per heavy atom. The van der Waals surface area contributed by atoms with Crippen LogP contribution >= 0.6 is 22.9 Å². The summed E-state index contributed by atoms with van der Waals surface area (Å²) in [5.41, 5.74) is 3.42. The van der Waals surface area contributed by atoms with E-state index in [2.05, 4.69) is 25.6 Å². The normalized spacial score (nSPS) is 15.3. The number of aromatic nitrogens is 2. The van der Waals surface area contributed by atoms with E-state index in [4.69, 9.17) is 11.6 Å². The fourth-order valence-corrected chi connectivity index (χ4v) is 5.33. The maximum Gasteiger partial charge on any atom is 0.138 e. The molecular weight excluding hydrogens is 443 g/mol. The van der Waals surface area contributed by atoms with Gasteiger partial charge in [-0.3, -0.25) is 4.90 Å². The molecular formula is C25H24ClFN4S. The molecule has 0 unspecified atom stereocenters. The van der Waals surface area contributed by atoms with E-state index in [9.17, 15) is 4.39 Å². The Morgan fingerprint density at radius 1 is 1.03 bits per heavy atom. The van der Waals surface area contributed by atoms with Crippen LogP contribution in [0, 0.1) is 11.7 Å². The molecule has 0 aliphatic carbocycles. The van der Waals surface area contributed by atoms with Crippen LogP contribution in [0.1, 0.15) is 18.4 Å². The molecule has 3 heterocycles. The van der Waals surface area contributed by atoms with Crippen molar-refractivity contribution in [3.63, 3.8) is 0 Å². The van der Waals surface area contributed by atoms with Gasteiger partial charge in [0, 0.05) is 29.1 Å². The highest BCUT2D eigenvalue weighted by Crippen LogP contribution is 2.37. The zero-order chi connectivity index (χ0) is 21.9.